The predicted molar refractivity (Wildman–Crippen MR) is 65.5 cm³/mol. The zero-order valence-electron chi connectivity index (χ0n) is 10.1. The van der Waals surface area contributed by atoms with Crippen LogP contribution in [0.15, 0.2) is 11.3 Å². The van der Waals surface area contributed by atoms with Crippen molar-refractivity contribution < 1.29 is 4.43 Å². The summed E-state index contributed by atoms with van der Waals surface area (Å²) in [6.45, 7) is 10.8. The lowest BCUT2D eigenvalue weighted by molar-refractivity contribution is 0.414. The van der Waals surface area contributed by atoms with Gasteiger partial charge in [0.25, 0.3) is 0 Å². The third-order valence-electron chi connectivity index (χ3n) is 1.93. The normalized spacial score (nSPS) is 13.1. The van der Waals surface area contributed by atoms with Gasteiger partial charge in [0.05, 0.1) is 5.76 Å². The van der Waals surface area contributed by atoms with E-state index in [0.717, 1.165) is 25.0 Å². The van der Waals surface area contributed by atoms with Crippen molar-refractivity contribution in [2.75, 3.05) is 0 Å². The molecule has 0 aliphatic rings. The molecule has 1 nitrogen and oxygen atoms in total. The summed E-state index contributed by atoms with van der Waals surface area (Å²) in [6.07, 6.45) is 8.18. The summed E-state index contributed by atoms with van der Waals surface area (Å²) < 4.78 is 5.90. The lowest BCUT2D eigenvalue weighted by Gasteiger charge is -2.21. The van der Waals surface area contributed by atoms with Crippen LogP contribution in [0.25, 0.3) is 0 Å². The maximum atomic E-state index is 5.90. The summed E-state index contributed by atoms with van der Waals surface area (Å²) >= 11 is 0. The summed E-state index contributed by atoms with van der Waals surface area (Å²) in [5, 5.41) is 0. The second-order valence-corrected chi connectivity index (χ2v) is 9.04. The van der Waals surface area contributed by atoms with Crippen molar-refractivity contribution in [3.63, 3.8) is 0 Å². The lowest BCUT2D eigenvalue weighted by Crippen LogP contribution is -2.24. The first kappa shape index (κ1) is 13.3. The first-order valence-corrected chi connectivity index (χ1v) is 8.56. The number of rotatable bonds is 5. The van der Waals surface area contributed by atoms with Crippen LogP contribution in [0.1, 0.15) is 33.1 Å². The molecule has 0 rings (SSSR count). The number of hydrogen-bond donors (Lipinski definition) is 0. The van der Waals surface area contributed by atoms with Gasteiger partial charge >= 0.3 is 0 Å². The SMILES string of the molecule is C#CCCCC(C)=C(C)O[Si](C)(C)C. The average Bonchev–Trinajstić information content (AvgIpc) is 2.01. The maximum absolute atomic E-state index is 5.90. The van der Waals surface area contributed by atoms with Crippen LogP contribution in [-0.4, -0.2) is 8.32 Å². The molecule has 0 aliphatic carbocycles. The quantitative estimate of drug-likeness (QED) is 0.289. The van der Waals surface area contributed by atoms with E-state index in [4.69, 9.17) is 10.8 Å². The molecule has 0 saturated carbocycles. The molecule has 0 N–H and O–H groups in total. The van der Waals surface area contributed by atoms with E-state index in [1.165, 1.54) is 5.57 Å². The minimum Gasteiger partial charge on any atom is -0.548 e. The van der Waals surface area contributed by atoms with Gasteiger partial charge in [0, 0.05) is 6.42 Å². The molecule has 0 saturated heterocycles. The van der Waals surface area contributed by atoms with Crippen LogP contribution >= 0.6 is 0 Å². The largest absolute Gasteiger partial charge is 0.548 e. The second-order valence-electron chi connectivity index (χ2n) is 4.61. The van der Waals surface area contributed by atoms with Crippen molar-refractivity contribution in [3.05, 3.63) is 11.3 Å². The van der Waals surface area contributed by atoms with Gasteiger partial charge in [-0.25, -0.2) is 0 Å². The Bertz CT molecular complexity index is 240. The van der Waals surface area contributed by atoms with Crippen LogP contribution in [0.2, 0.25) is 19.6 Å². The first-order valence-electron chi connectivity index (χ1n) is 5.15. The van der Waals surface area contributed by atoms with Gasteiger partial charge in [-0.05, 0) is 51.9 Å². The third-order valence-corrected chi connectivity index (χ3v) is 2.85. The van der Waals surface area contributed by atoms with Gasteiger partial charge in [-0.2, -0.15) is 0 Å². The summed E-state index contributed by atoms with van der Waals surface area (Å²) in [6, 6.07) is 0. The van der Waals surface area contributed by atoms with Crippen molar-refractivity contribution in [1.82, 2.24) is 0 Å². The molecule has 14 heavy (non-hydrogen) atoms. The number of terminal acetylenes is 1. The van der Waals surface area contributed by atoms with E-state index in [1.54, 1.807) is 0 Å². The van der Waals surface area contributed by atoms with Gasteiger partial charge in [0.2, 0.25) is 8.32 Å². The smallest absolute Gasteiger partial charge is 0.241 e. The Morgan fingerprint density at radius 3 is 2.29 bits per heavy atom. The van der Waals surface area contributed by atoms with Crippen LogP contribution in [0.3, 0.4) is 0 Å². The van der Waals surface area contributed by atoms with Crippen molar-refractivity contribution in [1.29, 1.82) is 0 Å². The Morgan fingerprint density at radius 1 is 1.29 bits per heavy atom. The van der Waals surface area contributed by atoms with Crippen molar-refractivity contribution in [3.8, 4) is 12.3 Å². The van der Waals surface area contributed by atoms with Crippen LogP contribution in [-0.2, 0) is 4.43 Å². The van der Waals surface area contributed by atoms with E-state index in [-0.39, 0.29) is 0 Å². The van der Waals surface area contributed by atoms with Gasteiger partial charge in [-0.3, -0.25) is 0 Å². The molecule has 2 heteroatoms. The van der Waals surface area contributed by atoms with Crippen LogP contribution in [0.4, 0.5) is 0 Å². The Labute approximate surface area is 89.7 Å². The van der Waals surface area contributed by atoms with Gasteiger partial charge in [0.1, 0.15) is 0 Å². The molecular weight excluding hydrogens is 188 g/mol. The maximum Gasteiger partial charge on any atom is 0.241 e. The Hall–Kier alpha value is -0.683. The van der Waals surface area contributed by atoms with Crippen LogP contribution in [0, 0.1) is 12.3 Å². The van der Waals surface area contributed by atoms with E-state index in [1.807, 2.05) is 0 Å². The monoisotopic (exact) mass is 210 g/mol. The highest BCUT2D eigenvalue weighted by Crippen LogP contribution is 2.17. The topological polar surface area (TPSA) is 9.23 Å². The highest BCUT2D eigenvalue weighted by molar-refractivity contribution is 6.70. The summed E-state index contributed by atoms with van der Waals surface area (Å²) in [5.74, 6) is 3.75. The fraction of sp³-hybridized carbons (Fsp3) is 0.667. The zero-order chi connectivity index (χ0) is 11.2. The molecule has 0 aromatic heterocycles. The second kappa shape index (κ2) is 5.92. The van der Waals surface area contributed by atoms with E-state index in [0.29, 0.717) is 0 Å². The molecule has 0 heterocycles. The van der Waals surface area contributed by atoms with Crippen molar-refractivity contribution >= 4 is 8.32 Å². The molecule has 0 aromatic carbocycles. The standard InChI is InChI=1S/C12H22OSi/c1-7-8-9-10-11(2)12(3)13-14(4,5)6/h1H,8-10H2,2-6H3. The van der Waals surface area contributed by atoms with Crippen LogP contribution in [0.5, 0.6) is 0 Å². The summed E-state index contributed by atoms with van der Waals surface area (Å²) in [7, 11) is -1.43. The van der Waals surface area contributed by atoms with E-state index in [2.05, 4.69) is 39.4 Å². The van der Waals surface area contributed by atoms with Crippen LogP contribution < -0.4 is 0 Å². The first-order chi connectivity index (χ1) is 6.37. The molecule has 0 unspecified atom stereocenters. The molecule has 0 aliphatic heterocycles. The molecule has 0 amide bonds. The highest BCUT2D eigenvalue weighted by Gasteiger charge is 2.16. The van der Waals surface area contributed by atoms with Crippen molar-refractivity contribution in [2.45, 2.75) is 52.8 Å². The Kier molecular flexibility index (Phi) is 5.64. The molecule has 0 fully saturated rings. The average molecular weight is 210 g/mol. The molecular formula is C12H22OSi. The number of allylic oxidation sites excluding steroid dienone is 2. The Morgan fingerprint density at radius 2 is 1.86 bits per heavy atom. The van der Waals surface area contributed by atoms with Gasteiger partial charge in [-0.1, -0.05) is 0 Å². The third kappa shape index (κ3) is 6.79. The molecule has 0 atom stereocenters. The lowest BCUT2D eigenvalue weighted by atomic mass is 10.1. The van der Waals surface area contributed by atoms with E-state index >= 15 is 0 Å². The molecule has 0 aromatic rings. The van der Waals surface area contributed by atoms with Gasteiger partial charge in [0.15, 0.2) is 0 Å². The summed E-state index contributed by atoms with van der Waals surface area (Å²) in [5.41, 5.74) is 1.34. The molecule has 80 valence electrons. The van der Waals surface area contributed by atoms with Gasteiger partial charge < -0.3 is 4.43 Å². The fourth-order valence-electron chi connectivity index (χ4n) is 1.18. The molecule has 0 radical (unpaired) electrons. The summed E-state index contributed by atoms with van der Waals surface area (Å²) in [4.78, 5) is 0. The van der Waals surface area contributed by atoms with E-state index < -0.39 is 8.32 Å². The van der Waals surface area contributed by atoms with Gasteiger partial charge in [-0.15, -0.1) is 12.3 Å². The zero-order valence-corrected chi connectivity index (χ0v) is 11.1. The minimum absolute atomic E-state index is 0.859. The predicted octanol–water partition coefficient (Wildman–Crippen LogP) is 3.94. The van der Waals surface area contributed by atoms with E-state index in [9.17, 15) is 0 Å². The highest BCUT2D eigenvalue weighted by atomic mass is 28.4. The molecule has 0 spiro atoms. The minimum atomic E-state index is -1.43. The Balaban J connectivity index is 4.10. The number of hydrogen-bond acceptors (Lipinski definition) is 1. The molecule has 0 bridgehead atoms. The van der Waals surface area contributed by atoms with Crippen molar-refractivity contribution in [2.24, 2.45) is 0 Å². The number of unbranched alkanes of at least 4 members (excludes halogenated alkanes) is 1. The fourth-order valence-corrected chi connectivity index (χ4v) is 2.27.